The predicted octanol–water partition coefficient (Wildman–Crippen LogP) is 17.7. The first kappa shape index (κ1) is 49.6. The van der Waals surface area contributed by atoms with Crippen molar-refractivity contribution in [3.05, 3.63) is 209 Å². The maximum absolute atomic E-state index is 2.72. The van der Waals surface area contributed by atoms with Crippen molar-refractivity contribution in [2.24, 2.45) is 0 Å². The summed E-state index contributed by atoms with van der Waals surface area (Å²) >= 11 is 0. The normalized spacial score (nSPS) is 15.8. The van der Waals surface area contributed by atoms with Crippen LogP contribution in [0.3, 0.4) is 0 Å². The maximum atomic E-state index is 2.72. The Morgan fingerprint density at radius 2 is 0.878 bits per heavy atom. The summed E-state index contributed by atoms with van der Waals surface area (Å²) in [7, 11) is 0. The van der Waals surface area contributed by atoms with Crippen molar-refractivity contribution in [2.45, 2.75) is 149 Å². The number of hydrogen-bond acceptors (Lipinski definition) is 2. The van der Waals surface area contributed by atoms with Crippen LogP contribution in [0, 0.1) is 0 Å². The highest BCUT2D eigenvalue weighted by Gasteiger charge is 2.48. The average molecular weight is 969 g/mol. The zero-order valence-corrected chi connectivity index (χ0v) is 47.1. The van der Waals surface area contributed by atoms with Gasteiger partial charge in [-0.1, -0.05) is 219 Å². The first-order valence-electron chi connectivity index (χ1n) is 27.4. The van der Waals surface area contributed by atoms with Gasteiger partial charge in [0, 0.05) is 39.4 Å². The average Bonchev–Trinajstić information content (AvgIpc) is 3.37. The standard InChI is InChI=1S/C71H77BN2/c1-66(2,3)50-30-23-31-54(39-50)73-61-41-52(71(14,15)49-28-20-17-21-29-49)32-34-58(61)72-59-44-56-57(70(12,13)37-36-69(56,10)11)45-62(59)74(64-43-53(68(7,8)9)42-63(73)65(64)72)60-35-33-51(67(4,5)6)40-55(60)48-27-22-26-47(38-48)46-24-18-16-19-25-46/h16-35,38-45H,36-37H2,1-15H3. The fourth-order valence-corrected chi connectivity index (χ4v) is 12.5. The Labute approximate surface area is 445 Å². The van der Waals surface area contributed by atoms with Gasteiger partial charge in [0.15, 0.2) is 0 Å². The second-order valence-corrected chi connectivity index (χ2v) is 27.0. The predicted molar refractivity (Wildman–Crippen MR) is 321 cm³/mol. The Morgan fingerprint density at radius 3 is 1.53 bits per heavy atom. The van der Waals surface area contributed by atoms with Crippen molar-refractivity contribution in [1.29, 1.82) is 0 Å². The van der Waals surface area contributed by atoms with Crippen LogP contribution in [0.4, 0.5) is 34.1 Å². The highest BCUT2D eigenvalue weighted by Crippen LogP contribution is 2.53. The van der Waals surface area contributed by atoms with E-state index in [2.05, 4.69) is 284 Å². The second kappa shape index (κ2) is 17.2. The van der Waals surface area contributed by atoms with Crippen LogP contribution in [0.1, 0.15) is 156 Å². The summed E-state index contributed by atoms with van der Waals surface area (Å²) in [6.45, 7) is 35.9. The molecule has 8 aromatic carbocycles. The van der Waals surface area contributed by atoms with E-state index in [0.717, 1.165) is 12.8 Å². The summed E-state index contributed by atoms with van der Waals surface area (Å²) in [4.78, 5) is 5.37. The molecule has 0 atom stereocenters. The van der Waals surface area contributed by atoms with E-state index < -0.39 is 0 Å². The first-order chi connectivity index (χ1) is 34.8. The van der Waals surface area contributed by atoms with E-state index in [0.29, 0.717) is 0 Å². The van der Waals surface area contributed by atoms with Crippen molar-refractivity contribution in [3.63, 3.8) is 0 Å². The van der Waals surface area contributed by atoms with Gasteiger partial charge in [-0.3, -0.25) is 0 Å². The van der Waals surface area contributed by atoms with Crippen LogP contribution in [0.15, 0.2) is 170 Å². The topological polar surface area (TPSA) is 6.48 Å². The molecule has 0 radical (unpaired) electrons. The van der Waals surface area contributed by atoms with Crippen LogP contribution >= 0.6 is 0 Å². The Balaban J connectivity index is 1.28. The Bertz CT molecular complexity index is 3480. The molecule has 3 heteroatoms. The molecule has 1 aliphatic carbocycles. The van der Waals surface area contributed by atoms with Gasteiger partial charge in [0.05, 0.1) is 5.69 Å². The highest BCUT2D eigenvalue weighted by atomic mass is 15.2. The number of rotatable bonds is 6. The monoisotopic (exact) mass is 969 g/mol. The lowest BCUT2D eigenvalue weighted by atomic mass is 9.33. The number of fused-ring (bicyclic) bond motifs is 5. The van der Waals surface area contributed by atoms with Crippen LogP contribution in [0.2, 0.25) is 0 Å². The van der Waals surface area contributed by atoms with Crippen molar-refractivity contribution in [1.82, 2.24) is 0 Å². The molecule has 0 bridgehead atoms. The molecule has 0 N–H and O–H groups in total. The quantitative estimate of drug-likeness (QED) is 0.153. The lowest BCUT2D eigenvalue weighted by molar-refractivity contribution is 0.332. The van der Waals surface area contributed by atoms with Crippen molar-refractivity contribution < 1.29 is 0 Å². The summed E-state index contributed by atoms with van der Waals surface area (Å²) in [5.41, 5.74) is 25.6. The number of nitrogens with zero attached hydrogens (tertiary/aromatic N) is 2. The summed E-state index contributed by atoms with van der Waals surface area (Å²) < 4.78 is 0. The molecule has 0 spiro atoms. The molecule has 74 heavy (non-hydrogen) atoms. The number of hydrogen-bond donors (Lipinski definition) is 0. The molecule has 11 rings (SSSR count). The summed E-state index contributed by atoms with van der Waals surface area (Å²) in [6.07, 6.45) is 2.30. The van der Waals surface area contributed by atoms with Gasteiger partial charge in [-0.25, -0.2) is 0 Å². The van der Waals surface area contributed by atoms with Crippen LogP contribution in [-0.2, 0) is 32.5 Å². The molecule has 3 aliphatic rings. The minimum Gasteiger partial charge on any atom is -0.311 e. The van der Waals surface area contributed by atoms with E-state index in [1.807, 2.05) is 0 Å². The third-order valence-electron chi connectivity index (χ3n) is 17.5. The molecule has 0 saturated heterocycles. The van der Waals surface area contributed by atoms with Gasteiger partial charge < -0.3 is 9.80 Å². The SMILES string of the molecule is CC(C)(C)c1cccc(N2c3cc(C(C)(C)c4ccccc4)ccc3B3c4cc5c(cc4N(c4ccc(C(C)(C)C)cc4-c4cccc(-c6ccccc6)c4)c4cc(C(C)(C)C)cc2c43)C(C)(C)CCC5(C)C)c1. The number of anilines is 6. The van der Waals surface area contributed by atoms with E-state index >= 15 is 0 Å². The first-order valence-corrected chi connectivity index (χ1v) is 27.4. The molecule has 8 aromatic rings. The Kier molecular flexibility index (Phi) is 11.6. The van der Waals surface area contributed by atoms with E-state index in [1.165, 1.54) is 112 Å². The third kappa shape index (κ3) is 8.34. The highest BCUT2D eigenvalue weighted by molar-refractivity contribution is 7.00. The molecular weight excluding hydrogens is 892 g/mol. The molecule has 0 fully saturated rings. The van der Waals surface area contributed by atoms with Crippen LogP contribution in [0.25, 0.3) is 22.3 Å². The molecule has 2 aliphatic heterocycles. The van der Waals surface area contributed by atoms with Crippen molar-refractivity contribution in [3.8, 4) is 22.3 Å². The van der Waals surface area contributed by atoms with E-state index in [-0.39, 0.29) is 39.2 Å². The maximum Gasteiger partial charge on any atom is 0.252 e. The van der Waals surface area contributed by atoms with Gasteiger partial charge >= 0.3 is 0 Å². The molecule has 0 aromatic heterocycles. The lowest BCUT2D eigenvalue weighted by Crippen LogP contribution is -2.62. The molecule has 2 nitrogen and oxygen atoms in total. The van der Waals surface area contributed by atoms with Gasteiger partial charge in [-0.05, 0) is 167 Å². The summed E-state index contributed by atoms with van der Waals surface area (Å²) in [5, 5.41) is 0. The number of benzene rings is 8. The minimum absolute atomic E-state index is 0.00442. The van der Waals surface area contributed by atoms with E-state index in [1.54, 1.807) is 0 Å². The summed E-state index contributed by atoms with van der Waals surface area (Å²) in [6, 6.07) is 66.0. The van der Waals surface area contributed by atoms with Gasteiger partial charge in [0.25, 0.3) is 6.71 Å². The molecule has 0 amide bonds. The molecular formula is C71H77BN2. The zero-order chi connectivity index (χ0) is 52.5. The van der Waals surface area contributed by atoms with E-state index in [9.17, 15) is 0 Å². The smallest absolute Gasteiger partial charge is 0.252 e. The van der Waals surface area contributed by atoms with Gasteiger partial charge in [0.1, 0.15) is 0 Å². The van der Waals surface area contributed by atoms with Crippen LogP contribution < -0.4 is 26.2 Å². The Morgan fingerprint density at radius 1 is 0.365 bits per heavy atom. The Hall–Kier alpha value is -6.58. The lowest BCUT2D eigenvalue weighted by Gasteiger charge is -2.48. The van der Waals surface area contributed by atoms with Gasteiger partial charge in [0.2, 0.25) is 0 Å². The fraction of sp³-hybridized carbons (Fsp3) is 0.324. The molecule has 0 unspecified atom stereocenters. The fourth-order valence-electron chi connectivity index (χ4n) is 12.5. The van der Waals surface area contributed by atoms with Crippen LogP contribution in [-0.4, -0.2) is 6.71 Å². The zero-order valence-electron chi connectivity index (χ0n) is 47.1. The molecule has 0 saturated carbocycles. The second-order valence-electron chi connectivity index (χ2n) is 27.0. The van der Waals surface area contributed by atoms with Gasteiger partial charge in [-0.2, -0.15) is 0 Å². The molecule has 374 valence electrons. The van der Waals surface area contributed by atoms with Crippen molar-refractivity contribution in [2.75, 3.05) is 9.80 Å². The molecule has 2 heterocycles. The van der Waals surface area contributed by atoms with Crippen molar-refractivity contribution >= 4 is 57.2 Å². The largest absolute Gasteiger partial charge is 0.311 e. The van der Waals surface area contributed by atoms with Gasteiger partial charge in [-0.15, -0.1) is 0 Å². The minimum atomic E-state index is -0.239. The van der Waals surface area contributed by atoms with E-state index in [4.69, 9.17) is 0 Å². The third-order valence-corrected chi connectivity index (χ3v) is 17.5. The van der Waals surface area contributed by atoms with Crippen LogP contribution in [0.5, 0.6) is 0 Å². The summed E-state index contributed by atoms with van der Waals surface area (Å²) in [5.74, 6) is 0.